The van der Waals surface area contributed by atoms with Gasteiger partial charge in [0.2, 0.25) is 23.6 Å². The summed E-state index contributed by atoms with van der Waals surface area (Å²) < 4.78 is 6.26. The highest BCUT2D eigenvalue weighted by Gasteiger charge is 2.45. The highest BCUT2D eigenvalue weighted by Crippen LogP contribution is 2.34. The Labute approximate surface area is 303 Å². The fourth-order valence-electron chi connectivity index (χ4n) is 7.34. The van der Waals surface area contributed by atoms with Gasteiger partial charge in [-0.1, -0.05) is 70.9 Å². The molecule has 1 aromatic carbocycles. The third kappa shape index (κ3) is 7.83. The first-order valence-corrected chi connectivity index (χ1v) is 20.2. The lowest BCUT2D eigenvalue weighted by Crippen LogP contribution is -2.54. The number of ether oxygens (including phenoxy) is 1. The first kappa shape index (κ1) is 36.6. The predicted molar refractivity (Wildman–Crippen MR) is 200 cm³/mol. The molecular weight excluding hydrogens is 673 g/mol. The molecule has 270 valence electrons. The van der Waals surface area contributed by atoms with Gasteiger partial charge < -0.3 is 20.3 Å². The number of carbonyl (C=O) groups is 4. The summed E-state index contributed by atoms with van der Waals surface area (Å²) in [6.45, 7) is 10.8. The van der Waals surface area contributed by atoms with E-state index < -0.39 is 36.3 Å². The van der Waals surface area contributed by atoms with Gasteiger partial charge in [-0.25, -0.2) is 4.99 Å². The van der Waals surface area contributed by atoms with Gasteiger partial charge in [0.05, 0.1) is 16.1 Å². The number of rotatable bonds is 6. The molecule has 6 bridgehead atoms. The third-order valence-electron chi connectivity index (χ3n) is 10.9. The lowest BCUT2D eigenvalue weighted by atomic mass is 9.86. The lowest BCUT2D eigenvalue weighted by molar-refractivity contribution is -0.136. The fourth-order valence-corrected chi connectivity index (χ4v) is 9.86. The molecule has 1 aromatic rings. The van der Waals surface area contributed by atoms with Gasteiger partial charge in [-0.15, -0.1) is 23.5 Å². The van der Waals surface area contributed by atoms with Crippen molar-refractivity contribution >= 4 is 63.0 Å². The van der Waals surface area contributed by atoms with Crippen LogP contribution in [-0.2, 0) is 30.3 Å². The average molecular weight is 723 g/mol. The minimum atomic E-state index is -0.825. The van der Waals surface area contributed by atoms with Crippen LogP contribution in [0.25, 0.3) is 0 Å². The van der Waals surface area contributed by atoms with Crippen molar-refractivity contribution in [3.05, 3.63) is 35.9 Å². The Balaban J connectivity index is 1.37. The number of thioether (sulfide) groups is 2. The molecule has 1 fully saturated rings. The molecule has 0 aliphatic carbocycles. The monoisotopic (exact) mass is 722 g/mol. The Bertz CT molecular complexity index is 1550. The summed E-state index contributed by atoms with van der Waals surface area (Å²) in [5.74, 6) is 0.781. The number of aliphatic imine (C=N–C) groups is 3. The number of ketones is 1. The molecule has 3 amide bonds. The van der Waals surface area contributed by atoms with E-state index in [1.165, 1.54) is 11.8 Å². The van der Waals surface area contributed by atoms with E-state index in [1.54, 1.807) is 16.7 Å². The predicted octanol–water partition coefficient (Wildman–Crippen LogP) is 4.08. The van der Waals surface area contributed by atoms with Crippen molar-refractivity contribution in [2.75, 3.05) is 18.1 Å². The Morgan fingerprint density at radius 2 is 1.56 bits per heavy atom. The van der Waals surface area contributed by atoms with Crippen molar-refractivity contribution in [2.45, 2.75) is 115 Å². The second-order valence-corrected chi connectivity index (χ2v) is 16.4. The van der Waals surface area contributed by atoms with Crippen molar-refractivity contribution in [1.29, 1.82) is 0 Å². The van der Waals surface area contributed by atoms with E-state index in [-0.39, 0.29) is 53.7 Å². The number of hydrogen-bond acceptors (Lipinski definition) is 10. The van der Waals surface area contributed by atoms with Crippen LogP contribution in [0, 0.1) is 17.8 Å². The van der Waals surface area contributed by atoms with E-state index in [0.29, 0.717) is 36.8 Å². The van der Waals surface area contributed by atoms with E-state index in [4.69, 9.17) is 19.7 Å². The van der Waals surface area contributed by atoms with E-state index in [0.717, 1.165) is 34.9 Å². The largest absolute Gasteiger partial charge is 0.474 e. The summed E-state index contributed by atoms with van der Waals surface area (Å²) in [6.07, 6.45) is 3.22. The summed E-state index contributed by atoms with van der Waals surface area (Å²) in [6, 6.07) is 6.13. The van der Waals surface area contributed by atoms with Crippen LogP contribution in [0.4, 0.5) is 0 Å². The van der Waals surface area contributed by atoms with Gasteiger partial charge in [0, 0.05) is 36.8 Å². The van der Waals surface area contributed by atoms with Crippen LogP contribution in [-0.4, -0.2) is 105 Å². The fraction of sp³-hybridized carbons (Fsp3) is 0.649. The van der Waals surface area contributed by atoms with Crippen LogP contribution in [0.15, 0.2) is 45.3 Å². The summed E-state index contributed by atoms with van der Waals surface area (Å²) in [5, 5.41) is 7.86. The lowest BCUT2D eigenvalue weighted by Gasteiger charge is -2.29. The standard InChI is InChI=1S/C37H50N6O5S2/c1-6-20(3)24-17-29(44)31-22(5)48-34(42-31)28-14-11-15-43(28)37(47)25(16-23-12-9-8-10-13-23)38-32(45)26-19-50-36(40-26)30(21(4)7-2)41-33(46)27-18-49-35(24)39-27/h8-10,12-13,20-22,24-28,30-31H,6-7,11,14-19H2,1-5H3,(H,38,45)(H,41,46)/t20?,21?,22-,24+,25-,26+,27+,28+,30+,31+/m1/s1. The van der Waals surface area contributed by atoms with Crippen LogP contribution in [0.3, 0.4) is 0 Å². The summed E-state index contributed by atoms with van der Waals surface area (Å²) in [4.78, 5) is 72.3. The highest BCUT2D eigenvalue weighted by molar-refractivity contribution is 8.14. The van der Waals surface area contributed by atoms with E-state index in [9.17, 15) is 19.2 Å². The van der Waals surface area contributed by atoms with Gasteiger partial charge in [-0.05, 0) is 37.2 Å². The molecule has 2 unspecified atom stereocenters. The minimum Gasteiger partial charge on any atom is -0.474 e. The molecule has 2 N–H and O–H groups in total. The molecule has 0 saturated carbocycles. The number of Topliss-reactive ketones (excluding diaryl/α,β-unsaturated/α-hetero) is 1. The minimum absolute atomic E-state index is 0.0205. The number of nitrogens with zero attached hydrogens (tertiary/aromatic N) is 4. The number of fused-ring (bicyclic) bond motifs is 5. The number of hydrogen-bond donors (Lipinski definition) is 2. The maximum atomic E-state index is 14.4. The van der Waals surface area contributed by atoms with Crippen LogP contribution in [0.2, 0.25) is 0 Å². The summed E-state index contributed by atoms with van der Waals surface area (Å²) in [7, 11) is 0. The molecule has 5 aliphatic heterocycles. The van der Waals surface area contributed by atoms with Crippen molar-refractivity contribution < 1.29 is 23.9 Å². The highest BCUT2D eigenvalue weighted by atomic mass is 32.2. The first-order valence-electron chi connectivity index (χ1n) is 18.2. The van der Waals surface area contributed by atoms with E-state index in [2.05, 4.69) is 38.3 Å². The van der Waals surface area contributed by atoms with Gasteiger partial charge in [0.1, 0.15) is 36.3 Å². The van der Waals surface area contributed by atoms with Crippen molar-refractivity contribution in [3.63, 3.8) is 0 Å². The molecule has 0 spiro atoms. The molecular formula is C37H50N6O5S2. The molecule has 5 aliphatic rings. The number of nitrogens with one attached hydrogen (secondary N) is 2. The SMILES string of the molecule is CCC(C)[C@@H]1CC(=O)[C@H]2N=C(O[C@@H]2C)[C@@H]2CCCN2C(=O)[C@@H](Cc2ccccc2)NC(=O)[C@@H]2CSC(=N2)[C@H](C(C)CC)NC(=O)[C@@H]2CSC1=N2. The zero-order valence-corrected chi connectivity index (χ0v) is 31.3. The Morgan fingerprint density at radius 1 is 0.900 bits per heavy atom. The number of amides is 3. The Hall–Kier alpha value is -3.19. The molecule has 0 radical (unpaired) electrons. The second-order valence-electron chi connectivity index (χ2n) is 14.3. The number of carbonyl (C=O) groups excluding carboxylic acids is 4. The third-order valence-corrected chi connectivity index (χ3v) is 13.2. The van der Waals surface area contributed by atoms with Gasteiger partial charge in [0.25, 0.3) is 0 Å². The normalized spacial score (nSPS) is 33.3. The van der Waals surface area contributed by atoms with Crippen LogP contribution >= 0.6 is 23.5 Å². The molecule has 13 heteroatoms. The molecule has 1 saturated heterocycles. The molecule has 5 heterocycles. The molecule has 50 heavy (non-hydrogen) atoms. The second kappa shape index (κ2) is 16.0. The summed E-state index contributed by atoms with van der Waals surface area (Å²) >= 11 is 3.05. The van der Waals surface area contributed by atoms with Gasteiger partial charge in [-0.2, -0.15) is 0 Å². The molecule has 10 atom stereocenters. The quantitative estimate of drug-likeness (QED) is 0.451. The first-order chi connectivity index (χ1) is 24.1. The Kier molecular flexibility index (Phi) is 11.7. The zero-order chi connectivity index (χ0) is 35.5. The Morgan fingerprint density at radius 3 is 2.26 bits per heavy atom. The van der Waals surface area contributed by atoms with Crippen molar-refractivity contribution in [2.24, 2.45) is 32.7 Å². The average Bonchev–Trinajstić information content (AvgIpc) is 3.95. The molecule has 6 rings (SSSR count). The molecule has 11 nitrogen and oxygen atoms in total. The van der Waals surface area contributed by atoms with Gasteiger partial charge in [0.15, 0.2) is 5.78 Å². The maximum Gasteiger partial charge on any atom is 0.246 e. The maximum absolute atomic E-state index is 14.4. The van der Waals surface area contributed by atoms with Gasteiger partial charge >= 0.3 is 0 Å². The smallest absolute Gasteiger partial charge is 0.246 e. The van der Waals surface area contributed by atoms with Crippen molar-refractivity contribution in [1.82, 2.24) is 15.5 Å². The number of benzene rings is 1. The van der Waals surface area contributed by atoms with Crippen LogP contribution in [0.5, 0.6) is 0 Å². The molecule has 0 aromatic heterocycles. The van der Waals surface area contributed by atoms with Crippen molar-refractivity contribution in [3.8, 4) is 0 Å². The van der Waals surface area contributed by atoms with Crippen LogP contribution < -0.4 is 10.6 Å². The topological polar surface area (TPSA) is 142 Å². The van der Waals surface area contributed by atoms with Gasteiger partial charge in [-0.3, -0.25) is 29.2 Å². The zero-order valence-electron chi connectivity index (χ0n) is 29.7. The van der Waals surface area contributed by atoms with E-state index >= 15 is 0 Å². The van der Waals surface area contributed by atoms with Crippen LogP contribution in [0.1, 0.15) is 72.3 Å². The van der Waals surface area contributed by atoms with E-state index in [1.807, 2.05) is 37.3 Å². The summed E-state index contributed by atoms with van der Waals surface area (Å²) in [5.41, 5.74) is 0.928.